The van der Waals surface area contributed by atoms with Crippen LogP contribution in [0.15, 0.2) is 58.8 Å². The van der Waals surface area contributed by atoms with Crippen molar-refractivity contribution in [3.63, 3.8) is 0 Å². The van der Waals surface area contributed by atoms with Gasteiger partial charge in [-0.05, 0) is 48.6 Å². The van der Waals surface area contributed by atoms with Crippen LogP contribution >= 0.6 is 23.1 Å². The van der Waals surface area contributed by atoms with E-state index in [0.717, 1.165) is 17.2 Å². The van der Waals surface area contributed by atoms with Gasteiger partial charge in [0.05, 0.1) is 12.1 Å². The highest BCUT2D eigenvalue weighted by atomic mass is 32.2. The van der Waals surface area contributed by atoms with Crippen molar-refractivity contribution in [3.8, 4) is 0 Å². The smallest absolute Gasteiger partial charge is 0.309 e. The maximum atomic E-state index is 12.5. The lowest BCUT2D eigenvalue weighted by atomic mass is 10.1. The number of benzene rings is 2. The van der Waals surface area contributed by atoms with E-state index in [1.54, 1.807) is 17.5 Å². The minimum Gasteiger partial charge on any atom is -0.481 e. The van der Waals surface area contributed by atoms with Crippen LogP contribution in [0, 0.1) is 5.92 Å². The molecule has 3 N–H and O–H groups in total. The maximum absolute atomic E-state index is 12.5. The number of nitrogens with zero attached hydrogens (tertiary/aromatic N) is 1. The van der Waals surface area contributed by atoms with E-state index >= 15 is 0 Å². The zero-order valence-corrected chi connectivity index (χ0v) is 19.9. The number of para-hydroxylation sites is 1. The van der Waals surface area contributed by atoms with Gasteiger partial charge in [0.25, 0.3) is 5.91 Å². The Morgan fingerprint density at radius 2 is 1.85 bits per heavy atom. The quantitative estimate of drug-likeness (QED) is 0.312. The van der Waals surface area contributed by atoms with E-state index in [2.05, 4.69) is 39.9 Å². The molecule has 0 unspecified atom stereocenters. The molecule has 1 aliphatic rings. The van der Waals surface area contributed by atoms with Crippen LogP contribution in [0.4, 0.5) is 10.8 Å². The molecular formula is C25H27N3O3S2. The molecule has 0 radical (unpaired) electrons. The number of carboxylic acids is 1. The summed E-state index contributed by atoms with van der Waals surface area (Å²) in [5.74, 6) is 0.811. The average Bonchev–Trinajstić information content (AvgIpc) is 3.49. The first-order valence-electron chi connectivity index (χ1n) is 11.1. The number of anilines is 2. The molecule has 172 valence electrons. The second kappa shape index (κ2) is 11.3. The SMILES string of the molecule is O=C(O)Cc1csc(NC(=O)c2ccc(CNc3ccccc3SCC3CCCC3)cc2)n1. The number of thioether (sulfide) groups is 1. The molecule has 0 atom stereocenters. The number of hydrogen-bond acceptors (Lipinski definition) is 6. The van der Waals surface area contributed by atoms with Crippen molar-refractivity contribution in [3.05, 3.63) is 70.7 Å². The van der Waals surface area contributed by atoms with Crippen LogP contribution in [-0.4, -0.2) is 27.7 Å². The van der Waals surface area contributed by atoms with Crippen molar-refractivity contribution in [2.75, 3.05) is 16.4 Å². The Morgan fingerprint density at radius 1 is 1.09 bits per heavy atom. The molecule has 3 aromatic rings. The average molecular weight is 482 g/mol. The molecule has 1 amide bonds. The lowest BCUT2D eigenvalue weighted by molar-refractivity contribution is -0.136. The van der Waals surface area contributed by atoms with Gasteiger partial charge in [-0.15, -0.1) is 23.1 Å². The first-order valence-corrected chi connectivity index (χ1v) is 13.0. The summed E-state index contributed by atoms with van der Waals surface area (Å²) in [6, 6.07) is 15.9. The highest BCUT2D eigenvalue weighted by molar-refractivity contribution is 7.99. The Kier molecular flexibility index (Phi) is 8.01. The number of carbonyl (C=O) groups is 2. The molecule has 1 saturated carbocycles. The molecular weight excluding hydrogens is 454 g/mol. The van der Waals surface area contributed by atoms with Gasteiger partial charge in [-0.25, -0.2) is 4.98 Å². The second-order valence-electron chi connectivity index (χ2n) is 8.18. The Labute approximate surface area is 201 Å². The van der Waals surface area contributed by atoms with Gasteiger partial charge in [0.2, 0.25) is 0 Å². The molecule has 1 heterocycles. The fourth-order valence-electron chi connectivity index (χ4n) is 3.86. The molecule has 4 rings (SSSR count). The number of nitrogens with one attached hydrogen (secondary N) is 2. The molecule has 0 saturated heterocycles. The Bertz CT molecular complexity index is 1090. The molecule has 8 heteroatoms. The van der Waals surface area contributed by atoms with Crippen molar-refractivity contribution in [2.45, 2.75) is 43.5 Å². The largest absolute Gasteiger partial charge is 0.481 e. The molecule has 1 fully saturated rings. The topological polar surface area (TPSA) is 91.3 Å². The Morgan fingerprint density at radius 3 is 2.61 bits per heavy atom. The summed E-state index contributed by atoms with van der Waals surface area (Å²) in [5.41, 5.74) is 3.19. The fraction of sp³-hybridized carbons (Fsp3) is 0.320. The van der Waals surface area contributed by atoms with E-state index in [9.17, 15) is 9.59 Å². The van der Waals surface area contributed by atoms with Gasteiger partial charge in [-0.3, -0.25) is 14.9 Å². The molecule has 0 spiro atoms. The monoisotopic (exact) mass is 481 g/mol. The number of carboxylic acid groups (broad SMARTS) is 1. The molecule has 0 aliphatic heterocycles. The number of thiazole rings is 1. The first kappa shape index (κ1) is 23.3. The number of carbonyl (C=O) groups excluding carboxylic acids is 1. The third-order valence-corrected chi connectivity index (χ3v) is 7.75. The maximum Gasteiger partial charge on any atom is 0.309 e. The van der Waals surface area contributed by atoms with Gasteiger partial charge < -0.3 is 10.4 Å². The van der Waals surface area contributed by atoms with E-state index in [0.29, 0.717) is 22.9 Å². The van der Waals surface area contributed by atoms with E-state index in [1.807, 2.05) is 23.9 Å². The minimum absolute atomic E-state index is 0.156. The van der Waals surface area contributed by atoms with Crippen LogP contribution in [0.5, 0.6) is 0 Å². The zero-order valence-electron chi connectivity index (χ0n) is 18.3. The number of amides is 1. The van der Waals surface area contributed by atoms with Gasteiger partial charge in [-0.1, -0.05) is 37.1 Å². The lowest BCUT2D eigenvalue weighted by Gasteiger charge is -2.14. The normalized spacial score (nSPS) is 13.7. The van der Waals surface area contributed by atoms with Crippen molar-refractivity contribution < 1.29 is 14.7 Å². The van der Waals surface area contributed by atoms with Crippen LogP contribution in [0.25, 0.3) is 0 Å². The predicted octanol–water partition coefficient (Wildman–Crippen LogP) is 5.92. The predicted molar refractivity (Wildman–Crippen MR) is 134 cm³/mol. The molecule has 0 bridgehead atoms. The third-order valence-electron chi connectivity index (χ3n) is 5.64. The highest BCUT2D eigenvalue weighted by Crippen LogP contribution is 2.34. The summed E-state index contributed by atoms with van der Waals surface area (Å²) in [5, 5.41) is 17.1. The van der Waals surface area contributed by atoms with Crippen molar-refractivity contribution >= 4 is 45.8 Å². The molecule has 1 aliphatic carbocycles. The second-order valence-corrected chi connectivity index (χ2v) is 10.1. The van der Waals surface area contributed by atoms with E-state index in [1.165, 1.54) is 47.7 Å². The van der Waals surface area contributed by atoms with Crippen molar-refractivity contribution in [2.24, 2.45) is 5.92 Å². The highest BCUT2D eigenvalue weighted by Gasteiger charge is 2.16. The molecule has 2 aromatic carbocycles. The number of hydrogen-bond donors (Lipinski definition) is 3. The number of aliphatic carboxylic acids is 1. The molecule has 1 aromatic heterocycles. The van der Waals surface area contributed by atoms with Crippen LogP contribution in [0.2, 0.25) is 0 Å². The minimum atomic E-state index is -0.947. The summed E-state index contributed by atoms with van der Waals surface area (Å²) < 4.78 is 0. The Balaban J connectivity index is 1.30. The van der Waals surface area contributed by atoms with Crippen LogP contribution in [-0.2, 0) is 17.8 Å². The van der Waals surface area contributed by atoms with Gasteiger partial charge in [0, 0.05) is 33.8 Å². The van der Waals surface area contributed by atoms with Crippen molar-refractivity contribution in [1.29, 1.82) is 0 Å². The number of rotatable bonds is 10. The summed E-state index contributed by atoms with van der Waals surface area (Å²) in [4.78, 5) is 28.7. The van der Waals surface area contributed by atoms with Gasteiger partial charge in [0.1, 0.15) is 0 Å². The third kappa shape index (κ3) is 6.82. The van der Waals surface area contributed by atoms with Gasteiger partial charge in [0.15, 0.2) is 5.13 Å². The summed E-state index contributed by atoms with van der Waals surface area (Å²) in [6.45, 7) is 0.675. The Hall–Kier alpha value is -2.84. The summed E-state index contributed by atoms with van der Waals surface area (Å²) >= 11 is 3.16. The van der Waals surface area contributed by atoms with Crippen LogP contribution in [0.1, 0.15) is 47.3 Å². The lowest BCUT2D eigenvalue weighted by Crippen LogP contribution is -2.12. The number of aromatic nitrogens is 1. The van der Waals surface area contributed by atoms with Crippen LogP contribution < -0.4 is 10.6 Å². The van der Waals surface area contributed by atoms with Gasteiger partial charge in [-0.2, -0.15) is 0 Å². The van der Waals surface area contributed by atoms with Gasteiger partial charge >= 0.3 is 5.97 Å². The zero-order chi connectivity index (χ0) is 23.0. The summed E-state index contributed by atoms with van der Waals surface area (Å²) in [6.07, 6.45) is 5.29. The van der Waals surface area contributed by atoms with Crippen molar-refractivity contribution in [1.82, 2.24) is 4.98 Å². The standard InChI is InChI=1S/C25H27N3O3S2/c29-23(30)13-20-16-33-25(27-20)28-24(31)19-11-9-17(10-12-19)14-26-21-7-3-4-8-22(21)32-15-18-5-1-2-6-18/h3-4,7-12,16,18,26H,1-2,5-6,13-15H2,(H,29,30)(H,27,28,31). The molecule has 6 nitrogen and oxygen atoms in total. The first-order chi connectivity index (χ1) is 16.1. The molecule has 33 heavy (non-hydrogen) atoms. The summed E-state index contributed by atoms with van der Waals surface area (Å²) in [7, 11) is 0. The van der Waals surface area contributed by atoms with E-state index in [-0.39, 0.29) is 12.3 Å². The van der Waals surface area contributed by atoms with Crippen LogP contribution in [0.3, 0.4) is 0 Å². The fourth-order valence-corrected chi connectivity index (χ4v) is 5.79. The van der Waals surface area contributed by atoms with E-state index < -0.39 is 5.97 Å². The van der Waals surface area contributed by atoms with E-state index in [4.69, 9.17) is 5.11 Å².